The average Bonchev–Trinajstić information content (AvgIpc) is 2.26. The first-order chi connectivity index (χ1) is 8.30. The minimum atomic E-state index is -1.08. The maximum Gasteiger partial charge on any atom is 0.535 e. The van der Waals surface area contributed by atoms with E-state index in [2.05, 4.69) is 14.7 Å². The van der Waals surface area contributed by atoms with E-state index in [9.17, 15) is 9.59 Å². The fourth-order valence-corrected chi connectivity index (χ4v) is 0.687. The van der Waals surface area contributed by atoms with Gasteiger partial charge >= 0.3 is 12.1 Å². The van der Waals surface area contributed by atoms with Crippen molar-refractivity contribution in [2.24, 2.45) is 10.6 Å². The van der Waals surface area contributed by atoms with Gasteiger partial charge in [0.15, 0.2) is 0 Å². The zero-order chi connectivity index (χ0) is 14.2. The molecule has 0 fully saturated rings. The molecule has 0 unspecified atom stereocenters. The predicted molar refractivity (Wildman–Crippen MR) is 61.6 cm³/mol. The predicted octanol–water partition coefficient (Wildman–Crippen LogP) is 1.63. The molecule has 7 nitrogen and oxygen atoms in total. The zero-order valence-electron chi connectivity index (χ0n) is 10.8. The van der Waals surface area contributed by atoms with Crippen LogP contribution in [-0.2, 0) is 19.1 Å². The van der Waals surface area contributed by atoms with Crippen LogP contribution in [0.1, 0.15) is 27.7 Å². The van der Waals surface area contributed by atoms with Gasteiger partial charge in [0.25, 0.3) is 5.71 Å². The lowest BCUT2D eigenvalue weighted by Crippen LogP contribution is -2.20. The van der Waals surface area contributed by atoms with Crippen molar-refractivity contribution in [1.82, 2.24) is 0 Å². The monoisotopic (exact) mass is 256 g/mol. The van der Waals surface area contributed by atoms with E-state index in [4.69, 9.17) is 10.00 Å². The van der Waals surface area contributed by atoms with Crippen molar-refractivity contribution < 1.29 is 23.9 Å². The van der Waals surface area contributed by atoms with Crippen molar-refractivity contribution in [3.05, 3.63) is 0 Å². The van der Waals surface area contributed by atoms with E-state index in [1.54, 1.807) is 6.92 Å². The first kappa shape index (κ1) is 15.9. The van der Waals surface area contributed by atoms with Gasteiger partial charge < -0.3 is 9.47 Å². The molecule has 0 aromatic heterocycles. The Morgan fingerprint density at radius 3 is 2.33 bits per heavy atom. The number of hydrogen-bond donors (Lipinski definition) is 0. The summed E-state index contributed by atoms with van der Waals surface area (Å²) in [6, 6.07) is 1.46. The van der Waals surface area contributed by atoms with Crippen molar-refractivity contribution in [3.8, 4) is 6.07 Å². The lowest BCUT2D eigenvalue weighted by Gasteiger charge is -2.16. The molecule has 0 heterocycles. The molecule has 0 atom stereocenters. The molecule has 0 aliphatic carbocycles. The summed E-state index contributed by atoms with van der Waals surface area (Å²) in [5.74, 6) is -0.955. The molecule has 0 amide bonds. The van der Waals surface area contributed by atoms with E-state index < -0.39 is 17.8 Å². The minimum Gasteiger partial charge on any atom is -0.461 e. The Hall–Kier alpha value is -2.10. The summed E-state index contributed by atoms with van der Waals surface area (Å²) in [6.45, 7) is 7.39. The number of ether oxygens (including phenoxy) is 2. The molecule has 0 aromatic carbocycles. The van der Waals surface area contributed by atoms with Crippen LogP contribution < -0.4 is 0 Å². The van der Waals surface area contributed by atoms with Crippen molar-refractivity contribution >= 4 is 17.8 Å². The average molecular weight is 256 g/mol. The molecule has 0 rings (SSSR count). The van der Waals surface area contributed by atoms with E-state index in [0.717, 1.165) is 0 Å². The Morgan fingerprint density at radius 1 is 1.28 bits per heavy atom. The van der Waals surface area contributed by atoms with Gasteiger partial charge in [-0.2, -0.15) is 5.26 Å². The molecule has 0 radical (unpaired) electrons. The number of oxime groups is 1. The molecule has 0 saturated carbocycles. The number of carbonyl (C=O) groups is 2. The fourth-order valence-electron chi connectivity index (χ4n) is 0.687. The van der Waals surface area contributed by atoms with Crippen molar-refractivity contribution in [2.45, 2.75) is 27.7 Å². The molecule has 0 aliphatic rings. The number of hydrogen-bond acceptors (Lipinski definition) is 7. The zero-order valence-corrected chi connectivity index (χ0v) is 10.8. The highest BCUT2D eigenvalue weighted by Gasteiger charge is 2.17. The summed E-state index contributed by atoms with van der Waals surface area (Å²) >= 11 is 0. The molecule has 0 aliphatic heterocycles. The Labute approximate surface area is 105 Å². The van der Waals surface area contributed by atoms with Gasteiger partial charge in [0.1, 0.15) is 6.07 Å². The van der Waals surface area contributed by atoms with Crippen LogP contribution in [0, 0.1) is 16.7 Å². The molecular weight excluding hydrogens is 240 g/mol. The van der Waals surface area contributed by atoms with E-state index in [0.29, 0.717) is 0 Å². The molecule has 18 heavy (non-hydrogen) atoms. The van der Waals surface area contributed by atoms with Crippen LogP contribution in [0.15, 0.2) is 5.16 Å². The van der Waals surface area contributed by atoms with Crippen LogP contribution in [0.5, 0.6) is 0 Å². The molecule has 0 spiro atoms. The highest BCUT2D eigenvalue weighted by molar-refractivity contribution is 6.42. The second-order valence-electron chi connectivity index (χ2n) is 4.46. The van der Waals surface area contributed by atoms with Crippen LogP contribution in [0.25, 0.3) is 0 Å². The van der Waals surface area contributed by atoms with E-state index in [-0.39, 0.29) is 18.6 Å². The van der Waals surface area contributed by atoms with E-state index in [1.807, 2.05) is 20.8 Å². The van der Waals surface area contributed by atoms with Crippen LogP contribution in [-0.4, -0.2) is 31.1 Å². The number of esters is 1. The van der Waals surface area contributed by atoms with Gasteiger partial charge in [0.05, 0.1) is 13.2 Å². The molecule has 0 aromatic rings. The van der Waals surface area contributed by atoms with Gasteiger partial charge in [0, 0.05) is 0 Å². The maximum absolute atomic E-state index is 11.1. The van der Waals surface area contributed by atoms with Gasteiger partial charge in [-0.1, -0.05) is 25.9 Å². The smallest absolute Gasteiger partial charge is 0.461 e. The first-order valence-corrected chi connectivity index (χ1v) is 5.29. The Kier molecular flexibility index (Phi) is 6.42. The molecule has 7 heteroatoms. The quantitative estimate of drug-likeness (QED) is 0.328. The topological polar surface area (TPSA) is 98.0 Å². The number of nitrogens with zero attached hydrogens (tertiary/aromatic N) is 2. The normalized spacial score (nSPS) is 11.4. The summed E-state index contributed by atoms with van der Waals surface area (Å²) < 4.78 is 9.23. The number of rotatable bonds is 4. The Balaban J connectivity index is 4.31. The van der Waals surface area contributed by atoms with E-state index in [1.165, 1.54) is 6.07 Å². The molecule has 0 bridgehead atoms. The van der Waals surface area contributed by atoms with Gasteiger partial charge in [-0.15, -0.1) is 0 Å². The number of nitriles is 1. The third kappa shape index (κ3) is 7.22. The minimum absolute atomic E-state index is 0.0913. The summed E-state index contributed by atoms with van der Waals surface area (Å²) in [5, 5.41) is 11.6. The molecule has 0 N–H and O–H groups in total. The maximum atomic E-state index is 11.1. The standard InChI is InChI=1S/C11H16N2O5/c1-5-16-9(14)8(6-12)13-18-10(15)17-7-11(2,3)4/h5,7H2,1-4H3. The number of carbonyl (C=O) groups excluding carboxylic acids is 2. The Bertz CT molecular complexity index is 376. The summed E-state index contributed by atoms with van der Waals surface area (Å²) in [7, 11) is 0. The van der Waals surface area contributed by atoms with Gasteiger partial charge in [-0.25, -0.2) is 9.59 Å². The highest BCUT2D eigenvalue weighted by Crippen LogP contribution is 2.13. The van der Waals surface area contributed by atoms with Crippen LogP contribution >= 0.6 is 0 Å². The summed E-state index contributed by atoms with van der Waals surface area (Å²) in [4.78, 5) is 26.4. The van der Waals surface area contributed by atoms with E-state index >= 15 is 0 Å². The fraction of sp³-hybridized carbons (Fsp3) is 0.636. The highest BCUT2D eigenvalue weighted by atomic mass is 16.8. The van der Waals surface area contributed by atoms with Crippen molar-refractivity contribution in [2.75, 3.05) is 13.2 Å². The summed E-state index contributed by atoms with van der Waals surface area (Å²) in [5.41, 5.74) is -0.869. The second kappa shape index (κ2) is 7.27. The van der Waals surface area contributed by atoms with Crippen molar-refractivity contribution in [3.63, 3.8) is 0 Å². The van der Waals surface area contributed by atoms with Gasteiger partial charge in [0.2, 0.25) is 0 Å². The SMILES string of the molecule is CCOC(=O)C(C#N)=NOC(=O)OCC(C)(C)C. The van der Waals surface area contributed by atoms with Gasteiger partial charge in [-0.3, -0.25) is 4.84 Å². The van der Waals surface area contributed by atoms with Gasteiger partial charge in [-0.05, 0) is 12.3 Å². The first-order valence-electron chi connectivity index (χ1n) is 5.29. The molecule has 0 saturated heterocycles. The molecular formula is C11H16N2O5. The van der Waals surface area contributed by atoms with Crippen molar-refractivity contribution in [1.29, 1.82) is 5.26 Å². The summed E-state index contributed by atoms with van der Waals surface area (Å²) in [6.07, 6.45) is -1.08. The molecule has 100 valence electrons. The lowest BCUT2D eigenvalue weighted by molar-refractivity contribution is -0.135. The van der Waals surface area contributed by atoms with Crippen LogP contribution in [0.4, 0.5) is 4.79 Å². The largest absolute Gasteiger partial charge is 0.535 e. The third-order valence-electron chi connectivity index (χ3n) is 1.41. The van der Waals surface area contributed by atoms with Crippen LogP contribution in [0.3, 0.4) is 0 Å². The third-order valence-corrected chi connectivity index (χ3v) is 1.41. The lowest BCUT2D eigenvalue weighted by atomic mass is 9.99. The van der Waals surface area contributed by atoms with Crippen LogP contribution in [0.2, 0.25) is 0 Å². The Morgan fingerprint density at radius 2 is 1.89 bits per heavy atom. The second-order valence-corrected chi connectivity index (χ2v) is 4.46.